The number of carbonyl (C=O) groups is 1. The van der Waals surface area contributed by atoms with Gasteiger partial charge in [0.05, 0.1) is 13.0 Å². The molecule has 0 fully saturated rings. The molecule has 4 heteroatoms. The lowest BCUT2D eigenvalue weighted by Gasteiger charge is -2.14. The highest BCUT2D eigenvalue weighted by Gasteiger charge is 2.18. The van der Waals surface area contributed by atoms with Crippen molar-refractivity contribution < 1.29 is 19.0 Å². The van der Waals surface area contributed by atoms with E-state index in [1.54, 1.807) is 19.2 Å². The number of fused-ring (bicyclic) bond motifs is 1. The maximum atomic E-state index is 12.8. The molecule has 0 spiro atoms. The molecule has 0 aliphatic carbocycles. The summed E-state index contributed by atoms with van der Waals surface area (Å²) in [6.45, 7) is 2.30. The van der Waals surface area contributed by atoms with Crippen LogP contribution in [0.25, 0.3) is 10.8 Å². The Hall–Kier alpha value is -3.79. The van der Waals surface area contributed by atoms with Crippen LogP contribution in [0.15, 0.2) is 91.0 Å². The third-order valence-corrected chi connectivity index (χ3v) is 5.20. The highest BCUT2D eigenvalue weighted by Crippen LogP contribution is 2.27. The highest BCUT2D eigenvalue weighted by molar-refractivity contribution is 5.87. The van der Waals surface area contributed by atoms with Crippen LogP contribution in [-0.4, -0.2) is 13.1 Å². The van der Waals surface area contributed by atoms with Crippen LogP contribution in [0.3, 0.4) is 0 Å². The van der Waals surface area contributed by atoms with Gasteiger partial charge in [-0.25, -0.2) is 0 Å². The first-order valence-electron chi connectivity index (χ1n) is 10.2. The molecule has 4 nitrogen and oxygen atoms in total. The number of ether oxygens (including phenoxy) is 3. The maximum absolute atomic E-state index is 12.8. The summed E-state index contributed by atoms with van der Waals surface area (Å²) in [5.74, 6) is 1.21. The van der Waals surface area contributed by atoms with Crippen LogP contribution >= 0.6 is 0 Å². The molecule has 0 amide bonds. The summed E-state index contributed by atoms with van der Waals surface area (Å²) in [6, 6.07) is 28.9. The van der Waals surface area contributed by atoms with Gasteiger partial charge in [-0.3, -0.25) is 4.79 Å². The fourth-order valence-electron chi connectivity index (χ4n) is 3.35. The van der Waals surface area contributed by atoms with Crippen LogP contribution in [0.1, 0.15) is 24.0 Å². The van der Waals surface area contributed by atoms with Crippen LogP contribution in [0.5, 0.6) is 17.2 Å². The molecule has 0 saturated heterocycles. The van der Waals surface area contributed by atoms with E-state index in [9.17, 15) is 4.79 Å². The van der Waals surface area contributed by atoms with E-state index in [1.165, 1.54) is 0 Å². The largest absolute Gasteiger partial charge is 0.497 e. The van der Waals surface area contributed by atoms with E-state index in [1.807, 2.05) is 85.8 Å². The zero-order valence-corrected chi connectivity index (χ0v) is 17.6. The van der Waals surface area contributed by atoms with E-state index in [0.717, 1.165) is 27.6 Å². The van der Waals surface area contributed by atoms with Crippen molar-refractivity contribution in [1.29, 1.82) is 0 Å². The molecular formula is C27H24O4. The van der Waals surface area contributed by atoms with E-state index in [2.05, 4.69) is 0 Å². The molecule has 31 heavy (non-hydrogen) atoms. The quantitative estimate of drug-likeness (QED) is 0.270. The number of hydrogen-bond acceptors (Lipinski definition) is 4. The lowest BCUT2D eigenvalue weighted by Crippen LogP contribution is -2.16. The molecule has 0 radical (unpaired) electrons. The first-order chi connectivity index (χ1) is 15.1. The summed E-state index contributed by atoms with van der Waals surface area (Å²) < 4.78 is 16.7. The average molecular weight is 412 g/mol. The standard InChI is InChI=1S/C27H24O4/c1-19(21-11-12-23-16-24(29-2)14-13-22(23)15-21)27(28)31-26-10-6-9-25(17-26)30-18-20-7-4-3-5-8-20/h3-17,19H,18H2,1-2H3/t19-/m0/s1. The second kappa shape index (κ2) is 9.35. The van der Waals surface area contributed by atoms with Crippen molar-refractivity contribution in [3.05, 3.63) is 102 Å². The minimum Gasteiger partial charge on any atom is -0.497 e. The molecule has 0 aliphatic heterocycles. The molecule has 0 aliphatic rings. The Morgan fingerprint density at radius 3 is 2.32 bits per heavy atom. The molecule has 156 valence electrons. The molecule has 4 rings (SSSR count). The molecule has 0 aromatic heterocycles. The highest BCUT2D eigenvalue weighted by atomic mass is 16.5. The summed E-state index contributed by atoms with van der Waals surface area (Å²) >= 11 is 0. The number of benzene rings is 4. The molecule has 4 aromatic carbocycles. The van der Waals surface area contributed by atoms with Crippen LogP contribution in [0.2, 0.25) is 0 Å². The Morgan fingerprint density at radius 1 is 0.774 bits per heavy atom. The van der Waals surface area contributed by atoms with Crippen LogP contribution in [0.4, 0.5) is 0 Å². The number of methoxy groups -OCH3 is 1. The summed E-state index contributed by atoms with van der Waals surface area (Å²) in [4.78, 5) is 12.8. The summed E-state index contributed by atoms with van der Waals surface area (Å²) in [5.41, 5.74) is 1.98. The monoisotopic (exact) mass is 412 g/mol. The molecule has 0 saturated carbocycles. The first kappa shape index (κ1) is 20.5. The van der Waals surface area contributed by atoms with Crippen LogP contribution in [-0.2, 0) is 11.4 Å². The SMILES string of the molecule is COc1ccc2cc([C@H](C)C(=O)Oc3cccc(OCc4ccccc4)c3)ccc2c1. The van der Waals surface area contributed by atoms with Gasteiger partial charge in [0.15, 0.2) is 0 Å². The molecule has 0 unspecified atom stereocenters. The van der Waals surface area contributed by atoms with Gasteiger partial charge in [-0.2, -0.15) is 0 Å². The van der Waals surface area contributed by atoms with Crippen molar-refractivity contribution in [3.8, 4) is 17.2 Å². The fourth-order valence-corrected chi connectivity index (χ4v) is 3.35. The Morgan fingerprint density at radius 2 is 1.52 bits per heavy atom. The van der Waals surface area contributed by atoms with Gasteiger partial charge in [0.25, 0.3) is 0 Å². The Balaban J connectivity index is 1.43. The van der Waals surface area contributed by atoms with Crippen molar-refractivity contribution in [1.82, 2.24) is 0 Å². The maximum Gasteiger partial charge on any atom is 0.318 e. The van der Waals surface area contributed by atoms with E-state index in [4.69, 9.17) is 14.2 Å². The fraction of sp³-hybridized carbons (Fsp3) is 0.148. The second-order valence-corrected chi connectivity index (χ2v) is 7.36. The van der Waals surface area contributed by atoms with Gasteiger partial charge in [0, 0.05) is 6.07 Å². The zero-order chi connectivity index (χ0) is 21.6. The van der Waals surface area contributed by atoms with Crippen molar-refractivity contribution in [2.24, 2.45) is 0 Å². The second-order valence-electron chi connectivity index (χ2n) is 7.36. The predicted octanol–water partition coefficient (Wildman–Crippen LogP) is 6.14. The molecule has 0 heterocycles. The van der Waals surface area contributed by atoms with E-state index < -0.39 is 5.92 Å². The Kier molecular flexibility index (Phi) is 6.18. The molecule has 0 N–H and O–H groups in total. The van der Waals surface area contributed by atoms with Crippen LogP contribution < -0.4 is 14.2 Å². The minimum absolute atomic E-state index is 0.312. The predicted molar refractivity (Wildman–Crippen MR) is 122 cm³/mol. The van der Waals surface area contributed by atoms with Gasteiger partial charge in [-0.05, 0) is 53.1 Å². The smallest absolute Gasteiger partial charge is 0.318 e. The zero-order valence-electron chi connectivity index (χ0n) is 17.6. The van der Waals surface area contributed by atoms with Gasteiger partial charge in [0.2, 0.25) is 0 Å². The molecular weight excluding hydrogens is 388 g/mol. The van der Waals surface area contributed by atoms with Gasteiger partial charge in [0.1, 0.15) is 23.9 Å². The number of rotatable bonds is 7. The van der Waals surface area contributed by atoms with Crippen molar-refractivity contribution >= 4 is 16.7 Å². The number of carbonyl (C=O) groups excluding carboxylic acids is 1. The van der Waals surface area contributed by atoms with Crippen molar-refractivity contribution in [3.63, 3.8) is 0 Å². The van der Waals surface area contributed by atoms with Crippen LogP contribution in [0, 0.1) is 0 Å². The van der Waals surface area contributed by atoms with E-state index >= 15 is 0 Å². The average Bonchev–Trinajstić information content (AvgIpc) is 2.82. The Labute approximate surface area is 182 Å². The normalized spacial score (nSPS) is 11.7. The first-order valence-corrected chi connectivity index (χ1v) is 10.2. The third-order valence-electron chi connectivity index (χ3n) is 5.20. The van der Waals surface area contributed by atoms with Crippen molar-refractivity contribution in [2.75, 3.05) is 7.11 Å². The molecule has 0 bridgehead atoms. The summed E-state index contributed by atoms with van der Waals surface area (Å²) in [6.07, 6.45) is 0. The van der Waals surface area contributed by atoms with Gasteiger partial charge in [-0.15, -0.1) is 0 Å². The summed E-state index contributed by atoms with van der Waals surface area (Å²) in [7, 11) is 1.65. The lowest BCUT2D eigenvalue weighted by molar-refractivity contribution is -0.135. The van der Waals surface area contributed by atoms with Gasteiger partial charge in [-0.1, -0.05) is 60.7 Å². The molecule has 1 atom stereocenters. The number of hydrogen-bond donors (Lipinski definition) is 0. The number of esters is 1. The third kappa shape index (κ3) is 5.04. The van der Waals surface area contributed by atoms with Gasteiger partial charge >= 0.3 is 5.97 Å². The van der Waals surface area contributed by atoms with Crippen molar-refractivity contribution in [2.45, 2.75) is 19.4 Å². The van der Waals surface area contributed by atoms with Gasteiger partial charge < -0.3 is 14.2 Å². The topological polar surface area (TPSA) is 44.8 Å². The molecule has 4 aromatic rings. The Bertz CT molecular complexity index is 1180. The van der Waals surface area contributed by atoms with E-state index in [0.29, 0.717) is 18.1 Å². The summed E-state index contributed by atoms with van der Waals surface area (Å²) in [5, 5.41) is 2.11. The van der Waals surface area contributed by atoms with E-state index in [-0.39, 0.29) is 5.97 Å². The minimum atomic E-state index is -0.402. The lowest BCUT2D eigenvalue weighted by atomic mass is 9.98.